The molecule has 17 heavy (non-hydrogen) atoms. The van der Waals surface area contributed by atoms with Gasteiger partial charge in [0.1, 0.15) is 0 Å². The summed E-state index contributed by atoms with van der Waals surface area (Å²) in [5.41, 5.74) is 2.81. The first kappa shape index (κ1) is 16.4. The molecule has 1 aromatic rings. The second-order valence-electron chi connectivity index (χ2n) is 4.93. The van der Waals surface area contributed by atoms with E-state index in [4.69, 9.17) is 0 Å². The van der Waals surface area contributed by atoms with Gasteiger partial charge in [0, 0.05) is 12.4 Å². The van der Waals surface area contributed by atoms with Crippen molar-refractivity contribution in [3.05, 3.63) is 29.6 Å². The van der Waals surface area contributed by atoms with E-state index in [1.807, 2.05) is 12.4 Å². The molecule has 0 aliphatic carbocycles. The molecule has 0 amide bonds. The molecular weight excluding hydrogens is 230 g/mol. The zero-order valence-corrected chi connectivity index (χ0v) is 12.4. The first-order valence-corrected chi connectivity index (χ1v) is 6.63. The summed E-state index contributed by atoms with van der Waals surface area (Å²) in [6.07, 6.45) is 9.07. The van der Waals surface area contributed by atoms with E-state index < -0.39 is 0 Å². The fourth-order valence-corrected chi connectivity index (χ4v) is 2.21. The van der Waals surface area contributed by atoms with Crippen molar-refractivity contribution in [2.24, 2.45) is 0 Å². The number of rotatable bonds is 6. The lowest BCUT2D eigenvalue weighted by molar-refractivity contribution is 0.644. The van der Waals surface area contributed by atoms with Crippen molar-refractivity contribution in [2.45, 2.75) is 65.2 Å². The molecule has 1 aromatic heterocycles. The molecule has 0 radical (unpaired) electrons. The van der Waals surface area contributed by atoms with Gasteiger partial charge >= 0.3 is 0 Å². The number of halogens is 1. The Balaban J connectivity index is 0.00000256. The molecule has 1 nitrogen and oxygen atoms in total. The van der Waals surface area contributed by atoms with Crippen LogP contribution in [0.2, 0.25) is 0 Å². The van der Waals surface area contributed by atoms with E-state index in [-0.39, 0.29) is 12.4 Å². The molecule has 0 aromatic carbocycles. The maximum atomic E-state index is 4.39. The van der Waals surface area contributed by atoms with Crippen molar-refractivity contribution in [1.29, 1.82) is 0 Å². The van der Waals surface area contributed by atoms with Gasteiger partial charge in [-0.2, -0.15) is 0 Å². The van der Waals surface area contributed by atoms with Crippen LogP contribution in [0.25, 0.3) is 0 Å². The van der Waals surface area contributed by atoms with Gasteiger partial charge in [-0.05, 0) is 35.8 Å². The molecule has 0 bridgehead atoms. The molecule has 0 aliphatic rings. The highest BCUT2D eigenvalue weighted by Crippen LogP contribution is 2.25. The Morgan fingerprint density at radius 1 is 0.941 bits per heavy atom. The standard InChI is InChI=1S/C15H25N.ClH/c1-5-7-12(3)14-9-15(11-16-10-14)13(4)8-6-2;/h9-13H,5-8H2,1-4H3;1H. The third-order valence-corrected chi connectivity index (χ3v) is 3.36. The molecule has 2 unspecified atom stereocenters. The average molecular weight is 256 g/mol. The monoisotopic (exact) mass is 255 g/mol. The van der Waals surface area contributed by atoms with Crippen molar-refractivity contribution >= 4 is 12.4 Å². The smallest absolute Gasteiger partial charge is 0.0302 e. The predicted octanol–water partition coefficient (Wildman–Crippen LogP) is 5.31. The second-order valence-corrected chi connectivity index (χ2v) is 4.93. The van der Waals surface area contributed by atoms with Gasteiger partial charge in [-0.3, -0.25) is 4.98 Å². The number of nitrogens with zero attached hydrogens (tertiary/aromatic N) is 1. The first-order valence-electron chi connectivity index (χ1n) is 6.63. The number of aromatic nitrogens is 1. The topological polar surface area (TPSA) is 12.9 Å². The van der Waals surface area contributed by atoms with E-state index in [0.717, 1.165) is 0 Å². The number of pyridine rings is 1. The van der Waals surface area contributed by atoms with E-state index >= 15 is 0 Å². The summed E-state index contributed by atoms with van der Waals surface area (Å²) in [7, 11) is 0. The minimum Gasteiger partial charge on any atom is -0.264 e. The predicted molar refractivity (Wildman–Crippen MR) is 78.1 cm³/mol. The van der Waals surface area contributed by atoms with Gasteiger partial charge in [0.2, 0.25) is 0 Å². The zero-order chi connectivity index (χ0) is 12.0. The van der Waals surface area contributed by atoms with E-state index in [9.17, 15) is 0 Å². The van der Waals surface area contributed by atoms with Gasteiger partial charge in [0.15, 0.2) is 0 Å². The first-order chi connectivity index (χ1) is 7.69. The van der Waals surface area contributed by atoms with Crippen molar-refractivity contribution in [3.8, 4) is 0 Å². The summed E-state index contributed by atoms with van der Waals surface area (Å²) in [4.78, 5) is 4.39. The van der Waals surface area contributed by atoms with Crippen LogP contribution in [0.4, 0.5) is 0 Å². The van der Waals surface area contributed by atoms with E-state index in [1.165, 1.54) is 36.8 Å². The van der Waals surface area contributed by atoms with Crippen molar-refractivity contribution in [3.63, 3.8) is 0 Å². The molecule has 1 heterocycles. The maximum Gasteiger partial charge on any atom is 0.0302 e. The van der Waals surface area contributed by atoms with Gasteiger partial charge < -0.3 is 0 Å². The van der Waals surface area contributed by atoms with E-state index in [0.29, 0.717) is 11.8 Å². The van der Waals surface area contributed by atoms with Gasteiger partial charge in [0.25, 0.3) is 0 Å². The van der Waals surface area contributed by atoms with Gasteiger partial charge in [-0.25, -0.2) is 0 Å². The van der Waals surface area contributed by atoms with Crippen LogP contribution < -0.4 is 0 Å². The van der Waals surface area contributed by atoms with Crippen LogP contribution in [0.5, 0.6) is 0 Å². The molecule has 0 N–H and O–H groups in total. The van der Waals surface area contributed by atoms with E-state index in [1.54, 1.807) is 0 Å². The largest absolute Gasteiger partial charge is 0.264 e. The zero-order valence-electron chi connectivity index (χ0n) is 11.6. The third-order valence-electron chi connectivity index (χ3n) is 3.36. The molecule has 0 aliphatic heterocycles. The molecule has 2 atom stereocenters. The molecule has 2 heteroatoms. The average Bonchev–Trinajstić information content (AvgIpc) is 2.30. The Hall–Kier alpha value is -0.560. The lowest BCUT2D eigenvalue weighted by Crippen LogP contribution is -1.99. The summed E-state index contributed by atoms with van der Waals surface area (Å²) in [6, 6.07) is 2.35. The highest BCUT2D eigenvalue weighted by atomic mass is 35.5. The second kappa shape index (κ2) is 8.52. The number of hydrogen-bond acceptors (Lipinski definition) is 1. The lowest BCUT2D eigenvalue weighted by Gasteiger charge is -2.14. The van der Waals surface area contributed by atoms with Crippen LogP contribution in [0.15, 0.2) is 18.5 Å². The summed E-state index contributed by atoms with van der Waals surface area (Å²) in [5, 5.41) is 0. The molecule has 1 rings (SSSR count). The fraction of sp³-hybridized carbons (Fsp3) is 0.667. The molecule has 98 valence electrons. The summed E-state index contributed by atoms with van der Waals surface area (Å²) in [5.74, 6) is 1.29. The Morgan fingerprint density at radius 2 is 1.35 bits per heavy atom. The van der Waals surface area contributed by atoms with Crippen LogP contribution in [0, 0.1) is 0 Å². The summed E-state index contributed by atoms with van der Waals surface area (Å²) < 4.78 is 0. The van der Waals surface area contributed by atoms with Crippen LogP contribution >= 0.6 is 12.4 Å². The highest BCUT2D eigenvalue weighted by molar-refractivity contribution is 5.85. The van der Waals surface area contributed by atoms with Crippen LogP contribution in [0.1, 0.15) is 76.3 Å². The van der Waals surface area contributed by atoms with E-state index in [2.05, 4.69) is 38.7 Å². The van der Waals surface area contributed by atoms with Crippen LogP contribution in [-0.2, 0) is 0 Å². The highest BCUT2D eigenvalue weighted by Gasteiger charge is 2.09. The van der Waals surface area contributed by atoms with Crippen molar-refractivity contribution in [2.75, 3.05) is 0 Å². The Bertz CT molecular complexity index is 284. The minimum absolute atomic E-state index is 0. The van der Waals surface area contributed by atoms with Gasteiger partial charge in [0.05, 0.1) is 0 Å². The molecule has 0 saturated heterocycles. The van der Waals surface area contributed by atoms with Gasteiger partial charge in [-0.1, -0.05) is 46.6 Å². The normalized spacial score (nSPS) is 13.9. The lowest BCUT2D eigenvalue weighted by atomic mass is 9.92. The molecule has 0 spiro atoms. The maximum absolute atomic E-state index is 4.39. The quantitative estimate of drug-likeness (QED) is 0.671. The molecule has 0 saturated carbocycles. The third kappa shape index (κ3) is 5.08. The van der Waals surface area contributed by atoms with Gasteiger partial charge in [-0.15, -0.1) is 12.4 Å². The minimum atomic E-state index is 0. The van der Waals surface area contributed by atoms with Crippen molar-refractivity contribution < 1.29 is 0 Å². The Labute approximate surface area is 112 Å². The number of hydrogen-bond donors (Lipinski definition) is 0. The Morgan fingerprint density at radius 3 is 1.71 bits per heavy atom. The van der Waals surface area contributed by atoms with Crippen molar-refractivity contribution in [1.82, 2.24) is 4.98 Å². The van der Waals surface area contributed by atoms with Crippen LogP contribution in [0.3, 0.4) is 0 Å². The Kier molecular flexibility index (Phi) is 8.24. The summed E-state index contributed by atoms with van der Waals surface area (Å²) in [6.45, 7) is 9.09. The fourth-order valence-electron chi connectivity index (χ4n) is 2.21. The SMILES string of the molecule is CCCC(C)c1cncc(C(C)CCC)c1.Cl. The summed E-state index contributed by atoms with van der Waals surface area (Å²) >= 11 is 0. The van der Waals surface area contributed by atoms with Crippen LogP contribution in [-0.4, -0.2) is 4.98 Å². The molecular formula is C15H26ClN. The molecule has 0 fully saturated rings.